The van der Waals surface area contributed by atoms with E-state index >= 15 is 0 Å². The van der Waals surface area contributed by atoms with Crippen molar-refractivity contribution >= 4 is 28.3 Å². The van der Waals surface area contributed by atoms with Crippen LogP contribution in [0.5, 0.6) is 0 Å². The molecule has 0 spiro atoms. The molecular formula is C25H33FN6O. The first-order valence-electron chi connectivity index (χ1n) is 11.7. The van der Waals surface area contributed by atoms with E-state index < -0.39 is 5.67 Å². The Balaban J connectivity index is 0.00000171. The van der Waals surface area contributed by atoms with Crippen molar-refractivity contribution in [3.63, 3.8) is 0 Å². The Hall–Kier alpha value is -3.29. The lowest BCUT2D eigenvalue weighted by Crippen LogP contribution is -2.25. The fourth-order valence-electron chi connectivity index (χ4n) is 4.62. The largest absolute Gasteiger partial charge is 0.351 e. The topological polar surface area (TPSA) is 88.0 Å². The molecule has 0 saturated heterocycles. The highest BCUT2D eigenvalue weighted by molar-refractivity contribution is 6.04. The van der Waals surface area contributed by atoms with Gasteiger partial charge < -0.3 is 10.3 Å². The number of rotatable bonds is 6. The van der Waals surface area contributed by atoms with Gasteiger partial charge in [-0.25, -0.2) is 13.9 Å². The van der Waals surface area contributed by atoms with E-state index in [4.69, 9.17) is 0 Å². The number of nitrogens with zero attached hydrogens (tertiary/aromatic N) is 4. The van der Waals surface area contributed by atoms with Crippen LogP contribution in [0.2, 0.25) is 0 Å². The Labute approximate surface area is 194 Å². The number of pyridine rings is 1. The number of alkyl halides is 1. The summed E-state index contributed by atoms with van der Waals surface area (Å²) in [5, 5.41) is 8.22. The van der Waals surface area contributed by atoms with Gasteiger partial charge in [0.15, 0.2) is 5.78 Å². The second kappa shape index (κ2) is 8.57. The van der Waals surface area contributed by atoms with E-state index in [1.54, 1.807) is 16.9 Å². The number of H-pyrrole nitrogens is 1. The van der Waals surface area contributed by atoms with Gasteiger partial charge in [-0.3, -0.25) is 4.79 Å². The summed E-state index contributed by atoms with van der Waals surface area (Å²) in [4.78, 5) is 25.3. The SMILES string of the molecule is CC(C)(F)CNc1ncc2c(-c3ccn4ncc(C(=O)C5CCCCCC5)c4c3)c[nH]c2n1.[HH].[HH]. The predicted octanol–water partition coefficient (Wildman–Crippen LogP) is 6.08. The second-order valence-electron chi connectivity index (χ2n) is 9.59. The average Bonchev–Trinajstić information content (AvgIpc) is 3.30. The predicted molar refractivity (Wildman–Crippen MR) is 132 cm³/mol. The van der Waals surface area contributed by atoms with E-state index in [9.17, 15) is 9.18 Å². The Morgan fingerprint density at radius 3 is 2.82 bits per heavy atom. The molecule has 0 radical (unpaired) electrons. The molecule has 0 aliphatic heterocycles. The standard InChI is InChI=1S/C25H29FN6O.2H2/c1-25(2,26)15-29-24-28-13-19-18(12-27-23(19)31-24)17-9-10-32-21(11-17)20(14-30-32)22(33)16-7-5-3-4-6-8-16;;/h9-14,16H,3-8,15H2,1-2H3,(H2,27,28,29,31);2*1H. The third kappa shape index (κ3) is 4.47. The summed E-state index contributed by atoms with van der Waals surface area (Å²) < 4.78 is 15.5. The number of hydrogen-bond donors (Lipinski definition) is 2. The normalized spacial score (nSPS) is 15.7. The van der Waals surface area contributed by atoms with Gasteiger partial charge in [-0.1, -0.05) is 25.7 Å². The number of carbonyl (C=O) groups is 1. The molecule has 4 aromatic heterocycles. The quantitative estimate of drug-likeness (QED) is 0.273. The van der Waals surface area contributed by atoms with Crippen molar-refractivity contribution < 1.29 is 12.0 Å². The highest BCUT2D eigenvalue weighted by atomic mass is 19.1. The number of nitrogens with one attached hydrogen (secondary N) is 2. The van der Waals surface area contributed by atoms with E-state index in [-0.39, 0.29) is 21.1 Å². The molecule has 4 aromatic rings. The lowest BCUT2D eigenvalue weighted by Gasteiger charge is -2.14. The number of aromatic nitrogens is 5. The van der Waals surface area contributed by atoms with Crippen molar-refractivity contribution in [3.05, 3.63) is 42.5 Å². The molecule has 33 heavy (non-hydrogen) atoms. The molecule has 8 heteroatoms. The van der Waals surface area contributed by atoms with E-state index in [2.05, 4.69) is 25.4 Å². The first-order chi connectivity index (χ1) is 15.9. The van der Waals surface area contributed by atoms with Crippen LogP contribution >= 0.6 is 0 Å². The van der Waals surface area contributed by atoms with Gasteiger partial charge in [0.05, 0.1) is 23.8 Å². The lowest BCUT2D eigenvalue weighted by molar-refractivity contribution is 0.0909. The summed E-state index contributed by atoms with van der Waals surface area (Å²) in [5.41, 5.74) is 2.73. The van der Waals surface area contributed by atoms with Crippen LogP contribution in [0.3, 0.4) is 0 Å². The van der Waals surface area contributed by atoms with E-state index in [1.807, 2.05) is 24.5 Å². The van der Waals surface area contributed by atoms with Gasteiger partial charge in [0.2, 0.25) is 5.95 Å². The zero-order valence-electron chi connectivity index (χ0n) is 19.1. The minimum Gasteiger partial charge on any atom is -0.351 e. The molecule has 0 amide bonds. The summed E-state index contributed by atoms with van der Waals surface area (Å²) in [7, 11) is 0. The van der Waals surface area contributed by atoms with Crippen LogP contribution < -0.4 is 5.32 Å². The fraction of sp³-hybridized carbons (Fsp3) is 0.440. The Kier molecular flexibility index (Phi) is 5.60. The summed E-state index contributed by atoms with van der Waals surface area (Å²) >= 11 is 0. The fourth-order valence-corrected chi connectivity index (χ4v) is 4.62. The van der Waals surface area contributed by atoms with Gasteiger partial charge >= 0.3 is 0 Å². The molecule has 0 bridgehead atoms. The average molecular weight is 453 g/mol. The van der Waals surface area contributed by atoms with Crippen molar-refractivity contribution in [2.75, 3.05) is 11.9 Å². The van der Waals surface area contributed by atoms with Crippen molar-refractivity contribution in [1.82, 2.24) is 24.6 Å². The van der Waals surface area contributed by atoms with E-state index in [0.29, 0.717) is 17.2 Å². The maximum atomic E-state index is 13.8. The number of halogens is 1. The molecule has 4 heterocycles. The third-order valence-corrected chi connectivity index (χ3v) is 6.42. The molecule has 7 nitrogen and oxygen atoms in total. The molecule has 1 fully saturated rings. The molecule has 176 valence electrons. The number of aromatic amines is 1. The third-order valence-electron chi connectivity index (χ3n) is 6.42. The molecule has 1 aliphatic rings. The maximum Gasteiger partial charge on any atom is 0.224 e. The lowest BCUT2D eigenvalue weighted by atomic mass is 9.91. The minimum absolute atomic E-state index is 0. The summed E-state index contributed by atoms with van der Waals surface area (Å²) in [6.07, 6.45) is 13.8. The molecular weight excluding hydrogens is 419 g/mol. The van der Waals surface area contributed by atoms with E-state index in [0.717, 1.165) is 47.7 Å². The monoisotopic (exact) mass is 452 g/mol. The number of Topliss-reactive ketones (excluding diaryl/α,β-unsaturated/α-hetero) is 1. The molecule has 2 N–H and O–H groups in total. The van der Waals surface area contributed by atoms with Crippen LogP contribution in [0.1, 0.15) is 65.6 Å². The van der Waals surface area contributed by atoms with Gasteiger partial charge in [0, 0.05) is 38.3 Å². The van der Waals surface area contributed by atoms with Crippen LogP contribution in [-0.2, 0) is 0 Å². The highest BCUT2D eigenvalue weighted by Gasteiger charge is 2.24. The minimum atomic E-state index is -1.36. The Morgan fingerprint density at radius 1 is 1.27 bits per heavy atom. The number of ketones is 1. The van der Waals surface area contributed by atoms with Crippen LogP contribution in [0.4, 0.5) is 10.3 Å². The first kappa shape index (κ1) is 21.6. The van der Waals surface area contributed by atoms with Crippen molar-refractivity contribution in [2.45, 2.75) is 58.0 Å². The highest BCUT2D eigenvalue weighted by Crippen LogP contribution is 2.31. The van der Waals surface area contributed by atoms with E-state index in [1.165, 1.54) is 26.7 Å². The van der Waals surface area contributed by atoms with Crippen LogP contribution in [0, 0.1) is 5.92 Å². The zero-order valence-corrected chi connectivity index (χ0v) is 19.1. The smallest absolute Gasteiger partial charge is 0.224 e. The first-order valence-corrected chi connectivity index (χ1v) is 11.7. The van der Waals surface area contributed by atoms with Crippen molar-refractivity contribution in [1.29, 1.82) is 0 Å². The number of fused-ring (bicyclic) bond motifs is 2. The number of hydrogen-bond acceptors (Lipinski definition) is 5. The Bertz CT molecular complexity index is 1300. The maximum absolute atomic E-state index is 13.8. The number of anilines is 1. The van der Waals surface area contributed by atoms with Crippen molar-refractivity contribution in [3.8, 4) is 11.1 Å². The van der Waals surface area contributed by atoms with Crippen LogP contribution in [0.25, 0.3) is 27.7 Å². The molecule has 5 rings (SSSR count). The van der Waals surface area contributed by atoms with Crippen LogP contribution in [0.15, 0.2) is 36.9 Å². The van der Waals surface area contributed by atoms with Gasteiger partial charge in [-0.05, 0) is 44.4 Å². The van der Waals surface area contributed by atoms with Gasteiger partial charge in [-0.15, -0.1) is 0 Å². The van der Waals surface area contributed by atoms with Crippen LogP contribution in [-0.4, -0.2) is 42.6 Å². The number of carbonyl (C=O) groups excluding carboxylic acids is 1. The van der Waals surface area contributed by atoms with Gasteiger partial charge in [0.1, 0.15) is 11.3 Å². The molecule has 0 aromatic carbocycles. The van der Waals surface area contributed by atoms with Gasteiger partial charge in [0.25, 0.3) is 0 Å². The zero-order chi connectivity index (χ0) is 23.0. The molecule has 1 aliphatic carbocycles. The van der Waals surface area contributed by atoms with Gasteiger partial charge in [-0.2, -0.15) is 10.1 Å². The summed E-state index contributed by atoms with van der Waals surface area (Å²) in [5.74, 6) is 0.674. The van der Waals surface area contributed by atoms with Crippen molar-refractivity contribution in [2.24, 2.45) is 5.92 Å². The summed E-state index contributed by atoms with van der Waals surface area (Å²) in [6.45, 7) is 3.14. The second-order valence-corrected chi connectivity index (χ2v) is 9.59. The Morgan fingerprint density at radius 2 is 2.06 bits per heavy atom. The molecule has 0 atom stereocenters. The summed E-state index contributed by atoms with van der Waals surface area (Å²) in [6, 6.07) is 3.98. The molecule has 1 saturated carbocycles. The molecule has 0 unspecified atom stereocenters.